The molecule has 0 radical (unpaired) electrons. The Bertz CT molecular complexity index is 498. The molecule has 1 aliphatic heterocycles. The molecule has 1 heterocycles. The molecule has 1 aromatic rings. The van der Waals surface area contributed by atoms with Crippen LogP contribution in [0.2, 0.25) is 5.02 Å². The number of carbonyl (C=O) groups is 1. The number of amides is 1. The number of ether oxygens (including phenoxy) is 1. The van der Waals surface area contributed by atoms with Crippen molar-refractivity contribution in [2.45, 2.75) is 19.4 Å². The maximum Gasteiger partial charge on any atom is 0.263 e. The van der Waals surface area contributed by atoms with Crippen molar-refractivity contribution in [2.24, 2.45) is 11.7 Å². The van der Waals surface area contributed by atoms with E-state index in [0.29, 0.717) is 31.3 Å². The number of likely N-dealkylation sites (tertiary alicyclic amines) is 1. The smallest absolute Gasteiger partial charge is 0.263 e. The normalized spacial score (nSPS) is 20.0. The predicted octanol–water partition coefficient (Wildman–Crippen LogP) is 2.05. The molecule has 0 aliphatic carbocycles. The number of rotatable bonds is 4. The van der Waals surface area contributed by atoms with Gasteiger partial charge in [0.2, 0.25) is 0 Å². The number of hydrogen-bond donors (Lipinski definition) is 1. The Morgan fingerprint density at radius 3 is 3.00 bits per heavy atom. The molecule has 2 atom stereocenters. The minimum Gasteiger partial charge on any atom is -0.479 e. The minimum atomic E-state index is -0.658. The summed E-state index contributed by atoms with van der Waals surface area (Å²) in [5, 5.41) is 0.158. The third kappa shape index (κ3) is 3.41. The first-order valence-corrected chi connectivity index (χ1v) is 6.99. The van der Waals surface area contributed by atoms with E-state index >= 15 is 0 Å². The average Bonchev–Trinajstić information content (AvgIpc) is 2.89. The van der Waals surface area contributed by atoms with E-state index in [9.17, 15) is 9.18 Å². The number of halogens is 2. The third-order valence-electron chi connectivity index (χ3n) is 3.48. The third-order valence-corrected chi connectivity index (χ3v) is 3.77. The van der Waals surface area contributed by atoms with Gasteiger partial charge in [-0.2, -0.15) is 0 Å². The van der Waals surface area contributed by atoms with E-state index in [0.717, 1.165) is 12.5 Å². The molecule has 20 heavy (non-hydrogen) atoms. The van der Waals surface area contributed by atoms with Crippen LogP contribution in [0.25, 0.3) is 0 Å². The van der Waals surface area contributed by atoms with Crippen LogP contribution in [0.5, 0.6) is 5.75 Å². The van der Waals surface area contributed by atoms with Crippen molar-refractivity contribution < 1.29 is 13.9 Å². The molecule has 1 aromatic carbocycles. The second-order valence-electron chi connectivity index (χ2n) is 5.01. The van der Waals surface area contributed by atoms with E-state index < -0.39 is 11.9 Å². The average molecular weight is 301 g/mol. The number of benzene rings is 1. The second-order valence-corrected chi connectivity index (χ2v) is 5.42. The Morgan fingerprint density at radius 1 is 1.65 bits per heavy atom. The molecule has 2 N–H and O–H groups in total. The Morgan fingerprint density at radius 2 is 2.40 bits per heavy atom. The van der Waals surface area contributed by atoms with Gasteiger partial charge in [-0.1, -0.05) is 11.6 Å². The van der Waals surface area contributed by atoms with Crippen molar-refractivity contribution in [3.05, 3.63) is 29.0 Å². The first-order valence-electron chi connectivity index (χ1n) is 6.62. The highest BCUT2D eigenvalue weighted by Gasteiger charge is 2.29. The van der Waals surface area contributed by atoms with Crippen LogP contribution < -0.4 is 10.5 Å². The summed E-state index contributed by atoms with van der Waals surface area (Å²) in [6.45, 7) is 3.62. The zero-order valence-electron chi connectivity index (χ0n) is 11.3. The largest absolute Gasteiger partial charge is 0.479 e. The summed E-state index contributed by atoms with van der Waals surface area (Å²) >= 11 is 5.88. The maximum absolute atomic E-state index is 12.9. The van der Waals surface area contributed by atoms with Gasteiger partial charge in [0.05, 0.1) is 5.02 Å². The molecule has 1 amide bonds. The monoisotopic (exact) mass is 300 g/mol. The SMILES string of the molecule is C[C@H](Oc1ccc(F)cc1Cl)C(=O)N1CC[C@H](CN)C1. The molecule has 0 bridgehead atoms. The molecule has 1 aliphatic rings. The fourth-order valence-electron chi connectivity index (χ4n) is 2.29. The Balaban J connectivity index is 1.97. The molecular formula is C14H18ClFN2O2. The lowest BCUT2D eigenvalue weighted by Gasteiger charge is -2.22. The number of nitrogens with zero attached hydrogens (tertiary/aromatic N) is 1. The Labute approximate surface area is 122 Å². The van der Waals surface area contributed by atoms with E-state index in [1.807, 2.05) is 0 Å². The van der Waals surface area contributed by atoms with Gasteiger partial charge in [-0.3, -0.25) is 4.79 Å². The Kier molecular flexibility index (Phi) is 4.83. The number of nitrogens with two attached hydrogens (primary N) is 1. The molecule has 0 unspecified atom stereocenters. The second kappa shape index (κ2) is 6.41. The lowest BCUT2D eigenvalue weighted by atomic mass is 10.1. The van der Waals surface area contributed by atoms with E-state index in [-0.39, 0.29) is 10.9 Å². The molecule has 0 aromatic heterocycles. The topological polar surface area (TPSA) is 55.6 Å². The fraction of sp³-hybridized carbons (Fsp3) is 0.500. The Hall–Kier alpha value is -1.33. The van der Waals surface area contributed by atoms with Gasteiger partial charge in [0.25, 0.3) is 5.91 Å². The highest BCUT2D eigenvalue weighted by atomic mass is 35.5. The van der Waals surface area contributed by atoms with Gasteiger partial charge >= 0.3 is 0 Å². The summed E-state index contributed by atoms with van der Waals surface area (Å²) in [6.07, 6.45) is 0.265. The summed E-state index contributed by atoms with van der Waals surface area (Å²) in [5.74, 6) is 0.136. The van der Waals surface area contributed by atoms with Crippen LogP contribution in [0.1, 0.15) is 13.3 Å². The van der Waals surface area contributed by atoms with Crippen LogP contribution >= 0.6 is 11.6 Å². The van der Waals surface area contributed by atoms with Crippen LogP contribution in [-0.2, 0) is 4.79 Å². The molecule has 1 fully saturated rings. The number of carbonyl (C=O) groups excluding carboxylic acids is 1. The highest BCUT2D eigenvalue weighted by molar-refractivity contribution is 6.32. The van der Waals surface area contributed by atoms with Crippen LogP contribution in [0.3, 0.4) is 0 Å². The van der Waals surface area contributed by atoms with Gasteiger partial charge in [0, 0.05) is 13.1 Å². The maximum atomic E-state index is 12.9. The first kappa shape index (κ1) is 15.1. The summed E-state index contributed by atoms with van der Waals surface area (Å²) in [6, 6.07) is 3.83. The van der Waals surface area contributed by atoms with Gasteiger partial charge in [-0.25, -0.2) is 4.39 Å². The van der Waals surface area contributed by atoms with E-state index in [4.69, 9.17) is 22.1 Å². The summed E-state index contributed by atoms with van der Waals surface area (Å²) in [4.78, 5) is 14.0. The van der Waals surface area contributed by atoms with Gasteiger partial charge in [0.15, 0.2) is 6.10 Å². The molecule has 0 saturated carbocycles. The van der Waals surface area contributed by atoms with Gasteiger partial charge in [-0.15, -0.1) is 0 Å². The van der Waals surface area contributed by atoms with E-state index in [2.05, 4.69) is 0 Å². The molecular weight excluding hydrogens is 283 g/mol. The van der Waals surface area contributed by atoms with Gasteiger partial charge in [-0.05, 0) is 44.0 Å². The molecule has 6 heteroatoms. The van der Waals surface area contributed by atoms with Crippen LogP contribution in [0.4, 0.5) is 4.39 Å². The standard InChI is InChI=1S/C14H18ClFN2O2/c1-9(14(19)18-5-4-10(7-17)8-18)20-13-3-2-11(16)6-12(13)15/h2-3,6,9-10H,4-5,7-8,17H2,1H3/t9-,10+/m0/s1. The molecule has 110 valence electrons. The first-order chi connectivity index (χ1) is 9.51. The molecule has 2 rings (SSSR count). The minimum absolute atomic E-state index is 0.0960. The van der Waals surface area contributed by atoms with Crippen molar-refractivity contribution in [3.8, 4) is 5.75 Å². The summed E-state index contributed by atoms with van der Waals surface area (Å²) in [7, 11) is 0. The lowest BCUT2D eigenvalue weighted by molar-refractivity contribution is -0.136. The lowest BCUT2D eigenvalue weighted by Crippen LogP contribution is -2.39. The summed E-state index contributed by atoms with van der Waals surface area (Å²) in [5.41, 5.74) is 5.61. The highest BCUT2D eigenvalue weighted by Crippen LogP contribution is 2.26. The van der Waals surface area contributed by atoms with E-state index in [1.165, 1.54) is 12.1 Å². The van der Waals surface area contributed by atoms with Crippen LogP contribution in [-0.4, -0.2) is 36.5 Å². The van der Waals surface area contributed by atoms with Crippen molar-refractivity contribution in [1.82, 2.24) is 4.90 Å². The zero-order valence-corrected chi connectivity index (χ0v) is 12.1. The van der Waals surface area contributed by atoms with Crippen molar-refractivity contribution in [2.75, 3.05) is 19.6 Å². The predicted molar refractivity (Wildman–Crippen MR) is 75.2 cm³/mol. The molecule has 4 nitrogen and oxygen atoms in total. The van der Waals surface area contributed by atoms with Crippen molar-refractivity contribution in [3.63, 3.8) is 0 Å². The van der Waals surface area contributed by atoms with Crippen LogP contribution in [0, 0.1) is 11.7 Å². The van der Waals surface area contributed by atoms with Gasteiger partial charge in [0.1, 0.15) is 11.6 Å². The fourth-order valence-corrected chi connectivity index (χ4v) is 2.51. The zero-order chi connectivity index (χ0) is 14.7. The molecule has 0 spiro atoms. The summed E-state index contributed by atoms with van der Waals surface area (Å²) < 4.78 is 18.5. The molecule has 1 saturated heterocycles. The van der Waals surface area contributed by atoms with Gasteiger partial charge < -0.3 is 15.4 Å². The number of hydrogen-bond acceptors (Lipinski definition) is 3. The van der Waals surface area contributed by atoms with E-state index in [1.54, 1.807) is 11.8 Å². The van der Waals surface area contributed by atoms with Crippen molar-refractivity contribution >= 4 is 17.5 Å². The van der Waals surface area contributed by atoms with Crippen LogP contribution in [0.15, 0.2) is 18.2 Å². The van der Waals surface area contributed by atoms with Crippen molar-refractivity contribution in [1.29, 1.82) is 0 Å². The quantitative estimate of drug-likeness (QED) is 0.926.